The zero-order valence-corrected chi connectivity index (χ0v) is 11.4. The number of aliphatic hydroxyl groups is 1. The second-order valence-corrected chi connectivity index (χ2v) is 4.35. The molecule has 1 heterocycles. The fourth-order valence-corrected chi connectivity index (χ4v) is 1.33. The number of carbonyl (C=O) groups excluding carboxylic acids is 1. The number of nitrogens with one attached hydrogen (secondary N) is 1. The number of oxazole rings is 1. The highest BCUT2D eigenvalue weighted by atomic mass is 16.5. The number of aromatic nitrogens is 1. The molecule has 0 fully saturated rings. The van der Waals surface area contributed by atoms with Crippen molar-refractivity contribution in [1.29, 1.82) is 0 Å². The van der Waals surface area contributed by atoms with Gasteiger partial charge < -0.3 is 24.3 Å². The standard InChI is InChI=1S/C12H20N2O5/c1-4-18-10(15)9-7-19-11(14-9)13-8-12(2,16)5-6-17-3/h7,16H,4-6,8H2,1-3H3,(H,13,14). The molecule has 19 heavy (non-hydrogen) atoms. The number of carbonyl (C=O) groups is 1. The molecule has 1 aromatic rings. The molecule has 0 radical (unpaired) electrons. The van der Waals surface area contributed by atoms with E-state index in [0.717, 1.165) is 0 Å². The molecule has 0 spiro atoms. The van der Waals surface area contributed by atoms with Crippen LogP contribution in [0.5, 0.6) is 0 Å². The summed E-state index contributed by atoms with van der Waals surface area (Å²) < 4.78 is 14.8. The Morgan fingerprint density at radius 2 is 2.37 bits per heavy atom. The van der Waals surface area contributed by atoms with Crippen LogP contribution in [-0.4, -0.2) is 48.5 Å². The van der Waals surface area contributed by atoms with Crippen LogP contribution in [-0.2, 0) is 9.47 Å². The van der Waals surface area contributed by atoms with Crippen molar-refractivity contribution >= 4 is 12.0 Å². The lowest BCUT2D eigenvalue weighted by Crippen LogP contribution is -2.34. The third kappa shape index (κ3) is 5.27. The van der Waals surface area contributed by atoms with Crippen molar-refractivity contribution in [3.63, 3.8) is 0 Å². The van der Waals surface area contributed by atoms with E-state index in [4.69, 9.17) is 13.9 Å². The van der Waals surface area contributed by atoms with E-state index in [-0.39, 0.29) is 24.9 Å². The molecule has 0 saturated carbocycles. The van der Waals surface area contributed by atoms with E-state index in [1.54, 1.807) is 21.0 Å². The van der Waals surface area contributed by atoms with Gasteiger partial charge in [0.15, 0.2) is 5.69 Å². The third-order valence-corrected chi connectivity index (χ3v) is 2.45. The highest BCUT2D eigenvalue weighted by molar-refractivity contribution is 5.87. The van der Waals surface area contributed by atoms with Gasteiger partial charge in [-0.3, -0.25) is 0 Å². The third-order valence-electron chi connectivity index (χ3n) is 2.45. The van der Waals surface area contributed by atoms with Gasteiger partial charge in [-0.05, 0) is 13.8 Å². The summed E-state index contributed by atoms with van der Waals surface area (Å²) in [6, 6.07) is 0.167. The van der Waals surface area contributed by atoms with Gasteiger partial charge in [0.2, 0.25) is 0 Å². The molecule has 0 aliphatic heterocycles. The Labute approximate surface area is 111 Å². The number of rotatable bonds is 8. The molecule has 1 aromatic heterocycles. The lowest BCUT2D eigenvalue weighted by molar-refractivity contribution is 0.0353. The molecule has 1 unspecified atom stereocenters. The minimum absolute atomic E-state index is 0.0980. The fraction of sp³-hybridized carbons (Fsp3) is 0.667. The van der Waals surface area contributed by atoms with Crippen molar-refractivity contribution in [2.75, 3.05) is 32.2 Å². The number of ether oxygens (including phenoxy) is 2. The van der Waals surface area contributed by atoms with Gasteiger partial charge in [-0.2, -0.15) is 4.98 Å². The number of esters is 1. The Morgan fingerprint density at radius 3 is 3.00 bits per heavy atom. The van der Waals surface area contributed by atoms with Crippen LogP contribution >= 0.6 is 0 Å². The number of nitrogens with zero attached hydrogens (tertiary/aromatic N) is 1. The molecule has 0 aliphatic rings. The van der Waals surface area contributed by atoms with E-state index in [1.807, 2.05) is 0 Å². The van der Waals surface area contributed by atoms with Gasteiger partial charge in [-0.15, -0.1) is 0 Å². The van der Waals surface area contributed by atoms with Crippen molar-refractivity contribution in [1.82, 2.24) is 4.98 Å². The van der Waals surface area contributed by atoms with E-state index in [2.05, 4.69) is 10.3 Å². The number of hydrogen-bond acceptors (Lipinski definition) is 7. The zero-order chi connectivity index (χ0) is 14.3. The number of hydrogen-bond donors (Lipinski definition) is 2. The van der Waals surface area contributed by atoms with E-state index in [0.29, 0.717) is 13.0 Å². The van der Waals surface area contributed by atoms with Gasteiger partial charge in [-0.1, -0.05) is 0 Å². The first-order valence-electron chi connectivity index (χ1n) is 6.06. The summed E-state index contributed by atoms with van der Waals surface area (Å²) in [5.41, 5.74) is -0.852. The largest absolute Gasteiger partial charge is 0.461 e. The molecule has 0 amide bonds. The van der Waals surface area contributed by atoms with Crippen molar-refractivity contribution in [2.45, 2.75) is 25.9 Å². The zero-order valence-electron chi connectivity index (χ0n) is 11.4. The first-order valence-corrected chi connectivity index (χ1v) is 6.06. The Kier molecular flexibility index (Phi) is 5.78. The number of anilines is 1. The summed E-state index contributed by atoms with van der Waals surface area (Å²) in [5.74, 6) is -0.537. The monoisotopic (exact) mass is 272 g/mol. The van der Waals surface area contributed by atoms with E-state index in [1.165, 1.54) is 6.26 Å². The Morgan fingerprint density at radius 1 is 1.63 bits per heavy atom. The molecule has 0 aliphatic carbocycles. The molecule has 1 rings (SSSR count). The fourth-order valence-electron chi connectivity index (χ4n) is 1.33. The lowest BCUT2D eigenvalue weighted by Gasteiger charge is -2.22. The van der Waals surface area contributed by atoms with Crippen molar-refractivity contribution in [3.05, 3.63) is 12.0 Å². The summed E-state index contributed by atoms with van der Waals surface area (Å²) in [5, 5.41) is 12.8. The first kappa shape index (κ1) is 15.5. The van der Waals surface area contributed by atoms with Crippen LogP contribution in [0.3, 0.4) is 0 Å². The molecule has 7 nitrogen and oxygen atoms in total. The maximum Gasteiger partial charge on any atom is 0.360 e. The van der Waals surface area contributed by atoms with Crippen molar-refractivity contribution < 1.29 is 23.8 Å². The van der Waals surface area contributed by atoms with Gasteiger partial charge in [0.1, 0.15) is 6.26 Å². The van der Waals surface area contributed by atoms with Crippen LogP contribution in [0, 0.1) is 0 Å². The van der Waals surface area contributed by atoms with Crippen molar-refractivity contribution in [2.24, 2.45) is 0 Å². The summed E-state index contributed by atoms with van der Waals surface area (Å²) in [6.07, 6.45) is 1.69. The predicted octanol–water partition coefficient (Wildman–Crippen LogP) is 1.05. The molecule has 0 saturated heterocycles. The molecule has 1 atom stereocenters. The van der Waals surface area contributed by atoms with Crippen molar-refractivity contribution in [3.8, 4) is 0 Å². The van der Waals surface area contributed by atoms with Gasteiger partial charge >= 0.3 is 5.97 Å². The van der Waals surface area contributed by atoms with Crippen LogP contribution in [0.2, 0.25) is 0 Å². The second kappa shape index (κ2) is 7.10. The average molecular weight is 272 g/mol. The van der Waals surface area contributed by atoms with Crippen LogP contribution in [0.15, 0.2) is 10.7 Å². The molecule has 0 aromatic carbocycles. The summed E-state index contributed by atoms with van der Waals surface area (Å²) in [6.45, 7) is 4.35. The van der Waals surface area contributed by atoms with E-state index < -0.39 is 11.6 Å². The van der Waals surface area contributed by atoms with E-state index in [9.17, 15) is 9.90 Å². The summed E-state index contributed by atoms with van der Waals surface area (Å²) in [4.78, 5) is 15.3. The highest BCUT2D eigenvalue weighted by Crippen LogP contribution is 2.13. The SMILES string of the molecule is CCOC(=O)c1coc(NCC(C)(O)CCOC)n1. The smallest absolute Gasteiger partial charge is 0.360 e. The molecule has 2 N–H and O–H groups in total. The van der Waals surface area contributed by atoms with Gasteiger partial charge in [0, 0.05) is 26.7 Å². The normalized spacial score (nSPS) is 13.9. The maximum absolute atomic E-state index is 11.4. The van der Waals surface area contributed by atoms with Gasteiger partial charge in [-0.25, -0.2) is 4.79 Å². The number of methoxy groups -OCH3 is 1. The molecule has 0 bridgehead atoms. The van der Waals surface area contributed by atoms with Crippen LogP contribution in [0.4, 0.5) is 6.01 Å². The molecule has 108 valence electrons. The Bertz CT molecular complexity index is 403. The first-order chi connectivity index (χ1) is 8.98. The Balaban J connectivity index is 2.48. The van der Waals surface area contributed by atoms with Gasteiger partial charge in [0.05, 0.1) is 12.2 Å². The predicted molar refractivity (Wildman–Crippen MR) is 68.1 cm³/mol. The van der Waals surface area contributed by atoms with Crippen LogP contribution in [0.25, 0.3) is 0 Å². The average Bonchev–Trinajstić information content (AvgIpc) is 2.83. The van der Waals surface area contributed by atoms with E-state index >= 15 is 0 Å². The second-order valence-electron chi connectivity index (χ2n) is 4.35. The molecule has 7 heteroatoms. The minimum Gasteiger partial charge on any atom is -0.461 e. The maximum atomic E-state index is 11.4. The summed E-state index contributed by atoms with van der Waals surface area (Å²) >= 11 is 0. The topological polar surface area (TPSA) is 93.8 Å². The minimum atomic E-state index is -0.950. The quantitative estimate of drug-likeness (QED) is 0.683. The van der Waals surface area contributed by atoms with Crippen LogP contribution in [0.1, 0.15) is 30.8 Å². The van der Waals surface area contributed by atoms with Crippen LogP contribution < -0.4 is 5.32 Å². The molecular weight excluding hydrogens is 252 g/mol. The summed E-state index contributed by atoms with van der Waals surface area (Å²) in [7, 11) is 1.57. The molecular formula is C12H20N2O5. The lowest BCUT2D eigenvalue weighted by atomic mass is 10.0. The van der Waals surface area contributed by atoms with Gasteiger partial charge in [0.25, 0.3) is 6.01 Å². The Hall–Kier alpha value is -1.60. The highest BCUT2D eigenvalue weighted by Gasteiger charge is 2.21.